The van der Waals surface area contributed by atoms with E-state index in [1.807, 2.05) is 160 Å². The number of nitrogens with zero attached hydrogens (tertiary/aromatic N) is 6. The van der Waals surface area contributed by atoms with Gasteiger partial charge >= 0.3 is 16.5 Å². The van der Waals surface area contributed by atoms with Crippen LogP contribution in [-0.4, -0.2) is 30.2 Å². The molecule has 2 aromatic heterocycles. The molecule has 5 aromatic rings. The third kappa shape index (κ3) is 8.11. The van der Waals surface area contributed by atoms with Crippen LogP contribution in [0.1, 0.15) is 30.8 Å². The molecule has 0 bridgehead atoms. The zero-order valence-corrected chi connectivity index (χ0v) is 29.5. The maximum atomic E-state index is 13.6. The Morgan fingerprint density at radius 2 is 0.979 bits per heavy atom. The molecule has 3 aromatic carbocycles. The quantitative estimate of drug-likeness (QED) is 0.136. The fourth-order valence-electron chi connectivity index (χ4n) is 5.14. The molecule has 0 unspecified atom stereocenters. The van der Waals surface area contributed by atoms with Gasteiger partial charge in [0.2, 0.25) is 0 Å². The van der Waals surface area contributed by atoms with E-state index in [1.165, 1.54) is 0 Å². The number of rotatable bonds is 8. The summed E-state index contributed by atoms with van der Waals surface area (Å²) >= 11 is 0. The fraction of sp³-hybridized carbons (Fsp3) is 0.167. The maximum Gasteiger partial charge on any atom is 2.00 e. The normalized spacial score (nSPS) is 11.4. The Hall–Kier alpha value is -4.43. The van der Waals surface area contributed by atoms with Crippen molar-refractivity contribution in [2.45, 2.75) is 27.7 Å². The molecule has 246 valence electrons. The zero-order valence-electron chi connectivity index (χ0n) is 27.0. The molecular weight excluding hydrogens is 678 g/mol. The smallest absolute Gasteiger partial charge is 1.00 e. The first-order valence-corrected chi connectivity index (χ1v) is 14.4. The molecule has 0 spiro atoms. The second-order valence-corrected chi connectivity index (χ2v) is 10.6. The molecule has 8 nitrogen and oxygen atoms in total. The van der Waals surface area contributed by atoms with Gasteiger partial charge in [-0.3, -0.25) is 19.0 Å². The van der Waals surface area contributed by atoms with E-state index in [2.05, 4.69) is 0 Å². The third-order valence-corrected chi connectivity index (χ3v) is 7.74. The number of halogens is 2. The number of allylic oxidation sites excluding steroid dienone is 3. The van der Waals surface area contributed by atoms with Crippen LogP contribution in [0.5, 0.6) is 0 Å². The summed E-state index contributed by atoms with van der Waals surface area (Å²) in [6.45, 7) is 7.48. The molecule has 0 radical (unpaired) electrons. The molecule has 0 aliphatic carbocycles. The summed E-state index contributed by atoms with van der Waals surface area (Å²) in [6, 6.07) is 29.0. The number of para-hydroxylation sites is 2. The van der Waals surface area contributed by atoms with Crippen molar-refractivity contribution < 1.29 is 41.3 Å². The van der Waals surface area contributed by atoms with Crippen molar-refractivity contribution in [1.29, 1.82) is 0 Å². The molecule has 47 heavy (non-hydrogen) atoms. The monoisotopic (exact) mass is 712 g/mol. The summed E-state index contributed by atoms with van der Waals surface area (Å²) in [5, 5.41) is 0. The van der Waals surface area contributed by atoms with Gasteiger partial charge in [-0.05, 0) is 57.5 Å². The van der Waals surface area contributed by atoms with Gasteiger partial charge in [-0.25, -0.2) is 19.3 Å². The van der Waals surface area contributed by atoms with Crippen molar-refractivity contribution in [3.05, 3.63) is 146 Å². The van der Waals surface area contributed by atoms with Crippen LogP contribution in [0.4, 0.5) is 11.4 Å². The molecule has 0 saturated heterocycles. The number of hydrogen-bond donors (Lipinski definition) is 0. The van der Waals surface area contributed by atoms with Crippen LogP contribution in [0.2, 0.25) is 0 Å². The first-order valence-electron chi connectivity index (χ1n) is 14.4. The summed E-state index contributed by atoms with van der Waals surface area (Å²) in [5.41, 5.74) is 6.21. The molecule has 0 aliphatic heterocycles. The van der Waals surface area contributed by atoms with Gasteiger partial charge in [0.05, 0.1) is 22.8 Å². The Labute approximate surface area is 297 Å². The Morgan fingerprint density at radius 3 is 1.36 bits per heavy atom. The first-order chi connectivity index (χ1) is 21.2. The summed E-state index contributed by atoms with van der Waals surface area (Å²) in [4.78, 5) is 37.0. The average molecular weight is 714 g/mol. The van der Waals surface area contributed by atoms with Crippen molar-refractivity contribution in [3.63, 3.8) is 0 Å². The molecule has 0 saturated carbocycles. The topological polar surface area (TPSA) is 78.6 Å². The molecule has 0 amide bonds. The minimum Gasteiger partial charge on any atom is -1.00 e. The van der Waals surface area contributed by atoms with Crippen LogP contribution in [0.15, 0.2) is 128 Å². The Balaban J connectivity index is 0.00000256. The number of aliphatic imine (C=N–C) groups is 2. The van der Waals surface area contributed by atoms with Gasteiger partial charge in [-0.1, -0.05) is 85.0 Å². The van der Waals surface area contributed by atoms with Crippen molar-refractivity contribution in [2.24, 2.45) is 24.1 Å². The second-order valence-electron chi connectivity index (χ2n) is 10.6. The minimum atomic E-state index is -0.214. The van der Waals surface area contributed by atoms with Gasteiger partial charge in [-0.2, -0.15) is 0 Å². The van der Waals surface area contributed by atoms with Gasteiger partial charge in [0.25, 0.3) is 11.1 Å². The third-order valence-electron chi connectivity index (χ3n) is 7.74. The SMILES string of the molecule is CC(=Nc1c(C)n(C)n(-c2ccccc2)c1=O)C(=C/C=C/c1ccccc1)C(C)=Nc1c(C)n(C)n(-c2ccccc2)c1=O.[Cl-].[Cl-].[Ni+2]. The van der Waals surface area contributed by atoms with E-state index in [9.17, 15) is 9.59 Å². The largest absolute Gasteiger partial charge is 2.00 e. The van der Waals surface area contributed by atoms with Crippen molar-refractivity contribution in [3.8, 4) is 11.4 Å². The van der Waals surface area contributed by atoms with Gasteiger partial charge in [0, 0.05) is 31.1 Å². The predicted molar refractivity (Wildman–Crippen MR) is 181 cm³/mol. The summed E-state index contributed by atoms with van der Waals surface area (Å²) in [6.07, 6.45) is 5.85. The van der Waals surface area contributed by atoms with Gasteiger partial charge in [-0.15, -0.1) is 0 Å². The molecule has 0 N–H and O–H groups in total. The Bertz CT molecular complexity index is 1930. The van der Waals surface area contributed by atoms with E-state index in [0.29, 0.717) is 28.4 Å². The standard InChI is InChI=1S/C36H36N6O2.2ClH.Ni/c1-25(37-33-27(3)39(5)41(35(33)43)30-20-12-8-13-21-30)32(24-16-19-29-17-10-7-11-18-29)26(2)38-34-28(4)40(6)42(36(34)44)31-22-14-9-15-23-31;;;/h7-24H,1-6H3;2*1H;/q;;;+2/p-2/b19-16+,32-24?,37-25?,38-26?;;;. The van der Waals surface area contributed by atoms with E-state index in [4.69, 9.17) is 9.98 Å². The van der Waals surface area contributed by atoms with Crippen LogP contribution in [0, 0.1) is 13.8 Å². The van der Waals surface area contributed by atoms with Crippen LogP contribution < -0.4 is 35.9 Å². The predicted octanol–water partition coefficient (Wildman–Crippen LogP) is 0.813. The van der Waals surface area contributed by atoms with Gasteiger partial charge < -0.3 is 24.8 Å². The van der Waals surface area contributed by atoms with Crippen LogP contribution in [0.25, 0.3) is 17.5 Å². The molecule has 5 rings (SSSR count). The molecule has 0 atom stereocenters. The van der Waals surface area contributed by atoms with Gasteiger partial charge in [0.15, 0.2) is 11.4 Å². The van der Waals surface area contributed by atoms with Gasteiger partial charge in [0.1, 0.15) is 0 Å². The molecule has 0 fully saturated rings. The molecule has 2 heterocycles. The summed E-state index contributed by atoms with van der Waals surface area (Å²) in [5.74, 6) is 0. The maximum absolute atomic E-state index is 13.6. The average Bonchev–Trinajstić information content (AvgIpc) is 3.38. The Morgan fingerprint density at radius 1 is 0.617 bits per heavy atom. The van der Waals surface area contributed by atoms with Crippen LogP contribution in [0.3, 0.4) is 0 Å². The van der Waals surface area contributed by atoms with E-state index < -0.39 is 0 Å². The Kier molecular flexibility index (Phi) is 14.0. The molecule has 11 heteroatoms. The van der Waals surface area contributed by atoms with Crippen LogP contribution >= 0.6 is 0 Å². The van der Waals surface area contributed by atoms with E-state index >= 15 is 0 Å². The van der Waals surface area contributed by atoms with E-state index in [0.717, 1.165) is 28.3 Å². The summed E-state index contributed by atoms with van der Waals surface area (Å²) < 4.78 is 6.84. The molecule has 0 aliphatic rings. The summed E-state index contributed by atoms with van der Waals surface area (Å²) in [7, 11) is 3.69. The number of aromatic nitrogens is 4. The second kappa shape index (κ2) is 16.9. The van der Waals surface area contributed by atoms with E-state index in [1.54, 1.807) is 9.36 Å². The van der Waals surface area contributed by atoms with Crippen molar-refractivity contribution in [2.75, 3.05) is 0 Å². The zero-order chi connectivity index (χ0) is 31.4. The molecular formula is C36H36Cl2N6NiO2. The van der Waals surface area contributed by atoms with Crippen molar-refractivity contribution >= 4 is 28.9 Å². The number of hydrogen-bond acceptors (Lipinski definition) is 4. The van der Waals surface area contributed by atoms with Crippen LogP contribution in [-0.2, 0) is 30.6 Å². The minimum absolute atomic E-state index is 0. The fourth-order valence-corrected chi connectivity index (χ4v) is 5.14. The first kappa shape index (κ1) is 38.8. The number of benzene rings is 3. The van der Waals surface area contributed by atoms with E-state index in [-0.39, 0.29) is 52.4 Å². The van der Waals surface area contributed by atoms with Crippen molar-refractivity contribution in [1.82, 2.24) is 18.7 Å².